The lowest BCUT2D eigenvalue weighted by atomic mass is 9.95. The molecule has 2 aliphatic heterocycles. The highest BCUT2D eigenvalue weighted by Crippen LogP contribution is 2.28. The number of nitrogens with zero attached hydrogens (tertiary/aromatic N) is 4. The van der Waals surface area contributed by atoms with E-state index in [-0.39, 0.29) is 17.7 Å². The minimum atomic E-state index is -0.801. The van der Waals surface area contributed by atoms with Crippen molar-refractivity contribution in [1.82, 2.24) is 14.9 Å². The van der Waals surface area contributed by atoms with Crippen LogP contribution < -0.4 is 4.90 Å². The number of carboxylic acid groups (broad SMARTS) is 1. The number of anilines is 1. The van der Waals surface area contributed by atoms with Gasteiger partial charge in [0.1, 0.15) is 5.82 Å². The summed E-state index contributed by atoms with van der Waals surface area (Å²) >= 11 is 0. The number of carboxylic acids is 1. The maximum Gasteiger partial charge on any atom is 0.308 e. The lowest BCUT2D eigenvalue weighted by Crippen LogP contribution is -2.42. The van der Waals surface area contributed by atoms with Gasteiger partial charge < -0.3 is 14.9 Å². The maximum absolute atomic E-state index is 12.6. The number of carbonyl (C=O) groups excluding carboxylic acids is 1. The van der Waals surface area contributed by atoms with Gasteiger partial charge in [0.2, 0.25) is 5.91 Å². The highest BCUT2D eigenvalue weighted by atomic mass is 16.4. The summed E-state index contributed by atoms with van der Waals surface area (Å²) < 4.78 is 0. The summed E-state index contributed by atoms with van der Waals surface area (Å²) in [6, 6.07) is 0. The topological polar surface area (TPSA) is 86.6 Å². The first kappa shape index (κ1) is 15.7. The number of hydrogen-bond acceptors (Lipinski definition) is 5. The van der Waals surface area contributed by atoms with E-state index >= 15 is 0 Å². The minimum Gasteiger partial charge on any atom is -0.481 e. The lowest BCUT2D eigenvalue weighted by molar-refractivity contribution is -0.142. The highest BCUT2D eigenvalue weighted by molar-refractivity contribution is 5.81. The second kappa shape index (κ2) is 6.52. The molecule has 1 aromatic rings. The van der Waals surface area contributed by atoms with E-state index in [4.69, 9.17) is 0 Å². The van der Waals surface area contributed by atoms with Gasteiger partial charge >= 0.3 is 5.97 Å². The molecular formula is C16H22N4O3. The van der Waals surface area contributed by atoms with Crippen molar-refractivity contribution in [2.45, 2.75) is 19.8 Å². The average Bonchev–Trinajstić information content (AvgIpc) is 2.97. The van der Waals surface area contributed by atoms with E-state index in [0.717, 1.165) is 31.7 Å². The molecule has 7 nitrogen and oxygen atoms in total. The van der Waals surface area contributed by atoms with Crippen LogP contribution in [0, 0.1) is 17.8 Å². The van der Waals surface area contributed by atoms with E-state index in [1.54, 1.807) is 23.5 Å². The molecule has 0 unspecified atom stereocenters. The van der Waals surface area contributed by atoms with E-state index in [1.165, 1.54) is 0 Å². The molecule has 2 saturated heterocycles. The second-order valence-electron chi connectivity index (χ2n) is 6.49. The third kappa shape index (κ3) is 3.28. The van der Waals surface area contributed by atoms with Crippen LogP contribution >= 0.6 is 0 Å². The minimum absolute atomic E-state index is 0.0114. The summed E-state index contributed by atoms with van der Waals surface area (Å²) in [5, 5.41) is 9.20. The molecule has 1 amide bonds. The molecule has 0 aliphatic carbocycles. The Labute approximate surface area is 135 Å². The predicted molar refractivity (Wildman–Crippen MR) is 83.8 cm³/mol. The molecule has 0 saturated carbocycles. The van der Waals surface area contributed by atoms with Crippen LogP contribution in [0.25, 0.3) is 0 Å². The summed E-state index contributed by atoms with van der Waals surface area (Å²) in [5.74, 6) is -0.263. The monoisotopic (exact) mass is 318 g/mol. The van der Waals surface area contributed by atoms with Crippen LogP contribution in [-0.4, -0.2) is 58.0 Å². The molecule has 0 bridgehead atoms. The first-order valence-electron chi connectivity index (χ1n) is 8.09. The Hall–Kier alpha value is -2.18. The van der Waals surface area contributed by atoms with Crippen LogP contribution in [0.15, 0.2) is 18.6 Å². The van der Waals surface area contributed by atoms with Crippen LogP contribution in [0.5, 0.6) is 0 Å². The molecule has 2 aliphatic rings. The van der Waals surface area contributed by atoms with Crippen LogP contribution in [0.2, 0.25) is 0 Å². The fourth-order valence-corrected chi connectivity index (χ4v) is 3.54. The molecule has 0 radical (unpaired) electrons. The van der Waals surface area contributed by atoms with Crippen molar-refractivity contribution in [2.24, 2.45) is 17.8 Å². The van der Waals surface area contributed by atoms with Crippen molar-refractivity contribution in [3.05, 3.63) is 18.6 Å². The molecule has 2 atom stereocenters. The van der Waals surface area contributed by atoms with Gasteiger partial charge in [-0.2, -0.15) is 0 Å². The first-order valence-corrected chi connectivity index (χ1v) is 8.09. The Morgan fingerprint density at radius 3 is 2.52 bits per heavy atom. The third-order valence-electron chi connectivity index (χ3n) is 4.96. The Morgan fingerprint density at radius 2 is 1.96 bits per heavy atom. The zero-order chi connectivity index (χ0) is 16.4. The lowest BCUT2D eigenvalue weighted by Gasteiger charge is -2.33. The van der Waals surface area contributed by atoms with Crippen molar-refractivity contribution in [3.8, 4) is 0 Å². The smallest absolute Gasteiger partial charge is 0.308 e. The predicted octanol–water partition coefficient (Wildman–Crippen LogP) is 0.872. The van der Waals surface area contributed by atoms with Crippen molar-refractivity contribution >= 4 is 17.7 Å². The number of rotatable bonds is 3. The van der Waals surface area contributed by atoms with E-state index in [2.05, 4.69) is 14.9 Å². The van der Waals surface area contributed by atoms with Gasteiger partial charge in [0.25, 0.3) is 0 Å². The van der Waals surface area contributed by atoms with Gasteiger partial charge in [-0.05, 0) is 18.8 Å². The summed E-state index contributed by atoms with van der Waals surface area (Å²) in [7, 11) is 0. The number of likely N-dealkylation sites (tertiary alicyclic amines) is 1. The van der Waals surface area contributed by atoms with E-state index < -0.39 is 11.9 Å². The molecule has 0 aromatic carbocycles. The Balaban J connectivity index is 1.56. The van der Waals surface area contributed by atoms with Gasteiger partial charge in [0.05, 0.1) is 12.1 Å². The van der Waals surface area contributed by atoms with Crippen molar-refractivity contribution in [1.29, 1.82) is 0 Å². The highest BCUT2D eigenvalue weighted by Gasteiger charge is 2.39. The Bertz CT molecular complexity index is 572. The maximum atomic E-state index is 12.6. The normalized spacial score (nSPS) is 25.6. The SMILES string of the molecule is C[C@@H]1CN(C(=O)C2CCN(c3cnccn3)CC2)C[C@H]1C(=O)O. The van der Waals surface area contributed by atoms with Crippen LogP contribution in [-0.2, 0) is 9.59 Å². The average molecular weight is 318 g/mol. The third-order valence-corrected chi connectivity index (χ3v) is 4.96. The molecular weight excluding hydrogens is 296 g/mol. The Morgan fingerprint density at radius 1 is 1.22 bits per heavy atom. The molecule has 23 heavy (non-hydrogen) atoms. The summed E-state index contributed by atoms with van der Waals surface area (Å²) in [5.41, 5.74) is 0. The van der Waals surface area contributed by atoms with E-state index in [1.807, 2.05) is 6.92 Å². The number of hydrogen-bond donors (Lipinski definition) is 1. The van der Waals surface area contributed by atoms with Gasteiger partial charge in [-0.25, -0.2) is 4.98 Å². The molecule has 3 heterocycles. The zero-order valence-electron chi connectivity index (χ0n) is 13.3. The van der Waals surface area contributed by atoms with E-state index in [9.17, 15) is 14.7 Å². The van der Waals surface area contributed by atoms with Crippen molar-refractivity contribution in [2.75, 3.05) is 31.1 Å². The van der Waals surface area contributed by atoms with Gasteiger partial charge in [-0.1, -0.05) is 6.92 Å². The number of carbonyl (C=O) groups is 2. The number of piperidine rings is 1. The summed E-state index contributed by atoms with van der Waals surface area (Å²) in [4.78, 5) is 36.1. The van der Waals surface area contributed by atoms with Crippen molar-refractivity contribution < 1.29 is 14.7 Å². The number of aliphatic carboxylic acids is 1. The molecule has 124 valence electrons. The molecule has 0 spiro atoms. The fourth-order valence-electron chi connectivity index (χ4n) is 3.54. The first-order chi connectivity index (χ1) is 11.1. The quantitative estimate of drug-likeness (QED) is 0.890. The van der Waals surface area contributed by atoms with Gasteiger partial charge in [-0.3, -0.25) is 14.6 Å². The fraction of sp³-hybridized carbons (Fsp3) is 0.625. The molecule has 3 rings (SSSR count). The zero-order valence-corrected chi connectivity index (χ0v) is 13.3. The van der Waals surface area contributed by atoms with Crippen molar-refractivity contribution in [3.63, 3.8) is 0 Å². The summed E-state index contributed by atoms with van der Waals surface area (Å²) in [6.07, 6.45) is 6.61. The van der Waals surface area contributed by atoms with E-state index in [0.29, 0.717) is 13.1 Å². The molecule has 1 aromatic heterocycles. The standard InChI is InChI=1S/C16H22N4O3/c1-11-9-20(10-13(11)16(22)23)15(21)12-2-6-19(7-3-12)14-8-17-4-5-18-14/h4-5,8,11-13H,2-3,6-7,9-10H2,1H3,(H,22,23)/t11-,13-/m1/s1. The number of amides is 1. The van der Waals surface area contributed by atoms with Crippen LogP contribution in [0.4, 0.5) is 5.82 Å². The Kier molecular flexibility index (Phi) is 4.45. The van der Waals surface area contributed by atoms with Crippen LogP contribution in [0.3, 0.4) is 0 Å². The molecule has 7 heteroatoms. The molecule has 2 fully saturated rings. The van der Waals surface area contributed by atoms with Gasteiger partial charge in [0.15, 0.2) is 0 Å². The molecule has 1 N–H and O–H groups in total. The summed E-state index contributed by atoms with van der Waals surface area (Å²) in [6.45, 7) is 4.37. The van der Waals surface area contributed by atoms with Crippen LogP contribution in [0.1, 0.15) is 19.8 Å². The largest absolute Gasteiger partial charge is 0.481 e. The van der Waals surface area contributed by atoms with Gasteiger partial charge in [0, 0.05) is 44.5 Å². The second-order valence-corrected chi connectivity index (χ2v) is 6.49. The van der Waals surface area contributed by atoms with Gasteiger partial charge in [-0.15, -0.1) is 0 Å². The number of aromatic nitrogens is 2.